The summed E-state index contributed by atoms with van der Waals surface area (Å²) in [6.07, 6.45) is 2.87. The molecule has 0 nitrogen and oxygen atoms in total. The van der Waals surface area contributed by atoms with Crippen LogP contribution in [0.3, 0.4) is 0 Å². The number of hydrogen-bond donors (Lipinski definition) is 0. The van der Waals surface area contributed by atoms with Crippen LogP contribution in [-0.2, 0) is 0 Å². The molecule has 0 unspecified atom stereocenters. The van der Waals surface area contributed by atoms with Crippen LogP contribution < -0.4 is 0 Å². The molecule has 0 N–H and O–H groups in total. The van der Waals surface area contributed by atoms with E-state index >= 15 is 0 Å². The van der Waals surface area contributed by atoms with Crippen molar-refractivity contribution in [2.45, 2.75) is 20.3 Å². The van der Waals surface area contributed by atoms with Gasteiger partial charge in [-0.15, -0.1) is 0 Å². The van der Waals surface area contributed by atoms with Crippen molar-refractivity contribution >= 4 is 5.57 Å². The lowest BCUT2D eigenvalue weighted by Crippen LogP contribution is -1.86. The molecule has 0 aliphatic heterocycles. The molecule has 0 aromatic heterocycles. The van der Waals surface area contributed by atoms with Crippen molar-refractivity contribution in [1.82, 2.24) is 0 Å². The van der Waals surface area contributed by atoms with E-state index in [0.29, 0.717) is 0 Å². The average molecular weight is 182 g/mol. The zero-order valence-electron chi connectivity index (χ0n) is 7.77. The van der Waals surface area contributed by atoms with Gasteiger partial charge in [-0.25, -0.2) is 8.78 Å². The van der Waals surface area contributed by atoms with Crippen molar-refractivity contribution < 1.29 is 8.78 Å². The first-order valence-electron chi connectivity index (χ1n) is 4.27. The molecule has 0 aliphatic rings. The van der Waals surface area contributed by atoms with Crippen LogP contribution in [0.2, 0.25) is 0 Å². The Morgan fingerprint density at radius 1 is 1.31 bits per heavy atom. The Balaban J connectivity index is 3.04. The molecule has 1 aromatic carbocycles. The number of benzene rings is 1. The van der Waals surface area contributed by atoms with E-state index in [1.807, 2.05) is 19.9 Å². The Hall–Kier alpha value is -1.18. The molecule has 0 spiro atoms. The second-order valence-corrected chi connectivity index (χ2v) is 2.92. The molecule has 0 atom stereocenters. The van der Waals surface area contributed by atoms with Crippen LogP contribution in [0.4, 0.5) is 8.78 Å². The summed E-state index contributed by atoms with van der Waals surface area (Å²) >= 11 is 0. The van der Waals surface area contributed by atoms with Gasteiger partial charge in [0.25, 0.3) is 0 Å². The quantitative estimate of drug-likeness (QED) is 0.653. The van der Waals surface area contributed by atoms with Crippen molar-refractivity contribution in [2.75, 3.05) is 0 Å². The third kappa shape index (κ3) is 2.38. The highest BCUT2D eigenvalue weighted by molar-refractivity contribution is 5.63. The molecule has 1 aromatic rings. The highest BCUT2D eigenvalue weighted by atomic mass is 19.2. The van der Waals surface area contributed by atoms with Crippen molar-refractivity contribution in [1.29, 1.82) is 0 Å². The standard InChI is InChI=1S/C11H12F2/c1-3-4-8(2)9-5-6-10(12)11(13)7-9/h4-7H,3H2,1-2H3/b8-4+. The minimum Gasteiger partial charge on any atom is -0.204 e. The highest BCUT2D eigenvalue weighted by Crippen LogP contribution is 2.17. The molecule has 0 saturated heterocycles. The molecule has 0 saturated carbocycles. The third-order valence-corrected chi connectivity index (χ3v) is 1.89. The highest BCUT2D eigenvalue weighted by Gasteiger charge is 2.02. The van der Waals surface area contributed by atoms with Gasteiger partial charge in [0.15, 0.2) is 11.6 Å². The second-order valence-electron chi connectivity index (χ2n) is 2.92. The van der Waals surface area contributed by atoms with Gasteiger partial charge in [0.2, 0.25) is 0 Å². The second kappa shape index (κ2) is 4.17. The van der Waals surface area contributed by atoms with Gasteiger partial charge in [-0.2, -0.15) is 0 Å². The zero-order valence-corrected chi connectivity index (χ0v) is 7.77. The Morgan fingerprint density at radius 3 is 2.54 bits per heavy atom. The Kier molecular flexibility index (Phi) is 3.18. The molecule has 0 aliphatic carbocycles. The Morgan fingerprint density at radius 2 is 2.00 bits per heavy atom. The van der Waals surface area contributed by atoms with Gasteiger partial charge in [0, 0.05) is 0 Å². The third-order valence-electron chi connectivity index (χ3n) is 1.89. The lowest BCUT2D eigenvalue weighted by Gasteiger charge is -2.01. The van der Waals surface area contributed by atoms with Gasteiger partial charge in [-0.05, 0) is 36.6 Å². The minimum atomic E-state index is -0.798. The SMILES string of the molecule is CC/C=C(\C)c1ccc(F)c(F)c1. The summed E-state index contributed by atoms with van der Waals surface area (Å²) in [5.41, 5.74) is 1.71. The number of rotatable bonds is 2. The van der Waals surface area contributed by atoms with Gasteiger partial charge >= 0.3 is 0 Å². The van der Waals surface area contributed by atoms with Crippen molar-refractivity contribution in [3.63, 3.8) is 0 Å². The molecule has 0 fully saturated rings. The molecular weight excluding hydrogens is 170 g/mol. The van der Waals surface area contributed by atoms with Gasteiger partial charge in [-0.3, -0.25) is 0 Å². The predicted molar refractivity (Wildman–Crippen MR) is 50.3 cm³/mol. The Bertz CT molecular complexity index is 327. The number of halogens is 2. The van der Waals surface area contributed by atoms with Crippen LogP contribution in [0, 0.1) is 11.6 Å². The summed E-state index contributed by atoms with van der Waals surface area (Å²) in [7, 11) is 0. The first kappa shape index (κ1) is 9.90. The van der Waals surface area contributed by atoms with Crippen LogP contribution in [0.1, 0.15) is 25.8 Å². The number of allylic oxidation sites excluding steroid dienone is 2. The lowest BCUT2D eigenvalue weighted by atomic mass is 10.1. The van der Waals surface area contributed by atoms with E-state index < -0.39 is 11.6 Å². The summed E-state index contributed by atoms with van der Waals surface area (Å²) < 4.78 is 25.3. The summed E-state index contributed by atoms with van der Waals surface area (Å²) in [5.74, 6) is -1.59. The first-order valence-corrected chi connectivity index (χ1v) is 4.27. The van der Waals surface area contributed by atoms with Crippen LogP contribution >= 0.6 is 0 Å². The fourth-order valence-corrected chi connectivity index (χ4v) is 1.17. The van der Waals surface area contributed by atoms with E-state index in [4.69, 9.17) is 0 Å². The maximum atomic E-state index is 12.8. The van der Waals surface area contributed by atoms with Crippen molar-refractivity contribution in [3.8, 4) is 0 Å². The fraction of sp³-hybridized carbons (Fsp3) is 0.273. The van der Waals surface area contributed by atoms with Crippen LogP contribution in [0.15, 0.2) is 24.3 Å². The molecule has 0 bridgehead atoms. The van der Waals surface area contributed by atoms with Gasteiger partial charge in [0.1, 0.15) is 0 Å². The van der Waals surface area contributed by atoms with Crippen LogP contribution in [0.25, 0.3) is 5.57 Å². The maximum Gasteiger partial charge on any atom is 0.159 e. The van der Waals surface area contributed by atoms with E-state index in [-0.39, 0.29) is 0 Å². The average Bonchev–Trinajstić information content (AvgIpc) is 2.10. The topological polar surface area (TPSA) is 0 Å². The van der Waals surface area contributed by atoms with Gasteiger partial charge in [-0.1, -0.05) is 19.1 Å². The number of hydrogen-bond acceptors (Lipinski definition) is 0. The zero-order chi connectivity index (χ0) is 9.84. The fourth-order valence-electron chi connectivity index (χ4n) is 1.17. The molecule has 13 heavy (non-hydrogen) atoms. The van der Waals surface area contributed by atoms with Crippen molar-refractivity contribution in [2.24, 2.45) is 0 Å². The molecule has 0 heterocycles. The molecule has 0 radical (unpaired) electrons. The van der Waals surface area contributed by atoms with E-state index in [9.17, 15) is 8.78 Å². The molecule has 0 amide bonds. The van der Waals surface area contributed by atoms with E-state index in [1.165, 1.54) is 6.07 Å². The first-order chi connectivity index (χ1) is 6.15. The summed E-state index contributed by atoms with van der Waals surface area (Å²) in [6, 6.07) is 3.95. The van der Waals surface area contributed by atoms with Crippen molar-refractivity contribution in [3.05, 3.63) is 41.5 Å². The monoisotopic (exact) mass is 182 g/mol. The molecule has 70 valence electrons. The molecule has 2 heteroatoms. The minimum absolute atomic E-state index is 0.737. The van der Waals surface area contributed by atoms with Crippen LogP contribution in [0.5, 0.6) is 0 Å². The summed E-state index contributed by atoms with van der Waals surface area (Å²) in [4.78, 5) is 0. The molecular formula is C11H12F2. The normalized spacial score (nSPS) is 11.8. The maximum absolute atomic E-state index is 12.8. The molecule has 1 rings (SSSR count). The smallest absolute Gasteiger partial charge is 0.159 e. The summed E-state index contributed by atoms with van der Waals surface area (Å²) in [6.45, 7) is 3.89. The van der Waals surface area contributed by atoms with Gasteiger partial charge < -0.3 is 0 Å². The van der Waals surface area contributed by atoms with E-state index in [2.05, 4.69) is 0 Å². The largest absolute Gasteiger partial charge is 0.204 e. The van der Waals surface area contributed by atoms with E-state index in [0.717, 1.165) is 23.6 Å². The summed E-state index contributed by atoms with van der Waals surface area (Å²) in [5, 5.41) is 0. The van der Waals surface area contributed by atoms with Gasteiger partial charge in [0.05, 0.1) is 0 Å². The lowest BCUT2D eigenvalue weighted by molar-refractivity contribution is 0.508. The van der Waals surface area contributed by atoms with Crippen LogP contribution in [-0.4, -0.2) is 0 Å². The predicted octanol–water partition coefficient (Wildman–Crippen LogP) is 3.78. The Labute approximate surface area is 76.9 Å². The van der Waals surface area contributed by atoms with E-state index in [1.54, 1.807) is 6.07 Å².